The van der Waals surface area contributed by atoms with Gasteiger partial charge in [0, 0.05) is 36.3 Å². The van der Waals surface area contributed by atoms with Gasteiger partial charge in [-0.15, -0.1) is 0 Å². The third-order valence-electron chi connectivity index (χ3n) is 4.21. The SMILES string of the molecule is CCN1CCc2[nH]nc(-c3cc(OC)c(O)c(OC)c3)c2C1. The molecule has 0 saturated carbocycles. The Kier molecular flexibility index (Phi) is 3.94. The number of aromatic nitrogens is 2. The van der Waals surface area contributed by atoms with Crippen molar-refractivity contribution in [3.05, 3.63) is 23.4 Å². The fourth-order valence-electron chi connectivity index (χ4n) is 2.89. The number of rotatable bonds is 4. The van der Waals surface area contributed by atoms with Gasteiger partial charge < -0.3 is 14.6 Å². The van der Waals surface area contributed by atoms with Crippen molar-refractivity contribution < 1.29 is 14.6 Å². The lowest BCUT2D eigenvalue weighted by Crippen LogP contribution is -2.30. The average molecular weight is 303 g/mol. The van der Waals surface area contributed by atoms with E-state index in [1.807, 2.05) is 0 Å². The van der Waals surface area contributed by atoms with Gasteiger partial charge in [-0.1, -0.05) is 6.92 Å². The van der Waals surface area contributed by atoms with Crippen LogP contribution in [0.2, 0.25) is 0 Å². The number of H-pyrrole nitrogens is 1. The standard InChI is InChI=1S/C16H21N3O3/c1-4-19-6-5-12-11(9-19)15(18-17-12)10-7-13(21-2)16(20)14(8-10)22-3/h7-8,20H,4-6,9H2,1-3H3,(H,17,18). The Morgan fingerprint density at radius 1 is 1.27 bits per heavy atom. The summed E-state index contributed by atoms with van der Waals surface area (Å²) in [6.45, 7) is 5.11. The molecule has 0 amide bonds. The molecule has 1 aromatic heterocycles. The molecular formula is C16H21N3O3. The highest BCUT2D eigenvalue weighted by Crippen LogP contribution is 2.41. The van der Waals surface area contributed by atoms with E-state index in [1.165, 1.54) is 25.5 Å². The lowest BCUT2D eigenvalue weighted by molar-refractivity contribution is 0.267. The third-order valence-corrected chi connectivity index (χ3v) is 4.21. The van der Waals surface area contributed by atoms with Crippen LogP contribution in [-0.2, 0) is 13.0 Å². The maximum Gasteiger partial charge on any atom is 0.200 e. The number of aromatic hydroxyl groups is 1. The van der Waals surface area contributed by atoms with Crippen molar-refractivity contribution in [2.24, 2.45) is 0 Å². The maximum absolute atomic E-state index is 10.0. The minimum Gasteiger partial charge on any atom is -0.502 e. The highest BCUT2D eigenvalue weighted by Gasteiger charge is 2.23. The lowest BCUT2D eigenvalue weighted by atomic mass is 10.0. The Labute approximate surface area is 129 Å². The monoisotopic (exact) mass is 303 g/mol. The smallest absolute Gasteiger partial charge is 0.200 e. The number of hydrogen-bond acceptors (Lipinski definition) is 5. The van der Waals surface area contributed by atoms with Gasteiger partial charge in [-0.05, 0) is 18.7 Å². The zero-order valence-electron chi connectivity index (χ0n) is 13.1. The Morgan fingerprint density at radius 2 is 1.95 bits per heavy atom. The molecule has 0 radical (unpaired) electrons. The second kappa shape index (κ2) is 5.88. The fraction of sp³-hybridized carbons (Fsp3) is 0.438. The second-order valence-corrected chi connectivity index (χ2v) is 5.38. The van der Waals surface area contributed by atoms with Crippen LogP contribution >= 0.6 is 0 Å². The summed E-state index contributed by atoms with van der Waals surface area (Å²) >= 11 is 0. The van der Waals surface area contributed by atoms with E-state index in [0.717, 1.165) is 37.3 Å². The molecule has 2 N–H and O–H groups in total. The largest absolute Gasteiger partial charge is 0.502 e. The summed E-state index contributed by atoms with van der Waals surface area (Å²) in [6, 6.07) is 3.58. The summed E-state index contributed by atoms with van der Waals surface area (Å²) in [5.41, 5.74) is 4.17. The van der Waals surface area contributed by atoms with Crippen LogP contribution < -0.4 is 9.47 Å². The molecule has 0 saturated heterocycles. The van der Waals surface area contributed by atoms with Crippen molar-refractivity contribution in [2.75, 3.05) is 27.3 Å². The number of hydrogen-bond donors (Lipinski definition) is 2. The summed E-state index contributed by atoms with van der Waals surface area (Å²) in [4.78, 5) is 2.39. The van der Waals surface area contributed by atoms with Crippen LogP contribution in [0.1, 0.15) is 18.2 Å². The van der Waals surface area contributed by atoms with Crippen LogP contribution in [0, 0.1) is 0 Å². The number of ether oxygens (including phenoxy) is 2. The van der Waals surface area contributed by atoms with Gasteiger partial charge in [-0.25, -0.2) is 0 Å². The maximum atomic E-state index is 10.0. The van der Waals surface area contributed by atoms with Crippen molar-refractivity contribution in [3.63, 3.8) is 0 Å². The number of benzene rings is 1. The highest BCUT2D eigenvalue weighted by atomic mass is 16.5. The molecule has 0 bridgehead atoms. The minimum absolute atomic E-state index is 0.00772. The van der Waals surface area contributed by atoms with Crippen LogP contribution in [0.3, 0.4) is 0 Å². The Morgan fingerprint density at radius 3 is 2.55 bits per heavy atom. The number of fused-ring (bicyclic) bond motifs is 1. The molecule has 2 heterocycles. The Bertz CT molecular complexity index is 656. The van der Waals surface area contributed by atoms with Crippen LogP contribution in [0.5, 0.6) is 17.2 Å². The summed E-state index contributed by atoms with van der Waals surface area (Å²) in [5, 5.41) is 17.7. The first kappa shape index (κ1) is 14.7. The van der Waals surface area contributed by atoms with Gasteiger partial charge in [0.1, 0.15) is 0 Å². The number of phenols is 1. The van der Waals surface area contributed by atoms with Crippen LogP contribution in [-0.4, -0.2) is 47.5 Å². The number of nitrogens with zero attached hydrogens (tertiary/aromatic N) is 2. The topological polar surface area (TPSA) is 70.6 Å². The van der Waals surface area contributed by atoms with E-state index in [2.05, 4.69) is 22.0 Å². The van der Waals surface area contributed by atoms with Crippen molar-refractivity contribution in [1.82, 2.24) is 15.1 Å². The molecule has 2 aromatic rings. The number of nitrogens with one attached hydrogen (secondary N) is 1. The van der Waals surface area contributed by atoms with Crippen LogP contribution in [0.25, 0.3) is 11.3 Å². The van der Waals surface area contributed by atoms with Crippen molar-refractivity contribution in [3.8, 4) is 28.5 Å². The van der Waals surface area contributed by atoms with Gasteiger partial charge in [0.05, 0.1) is 19.9 Å². The van der Waals surface area contributed by atoms with E-state index < -0.39 is 0 Å². The molecule has 0 unspecified atom stereocenters. The summed E-state index contributed by atoms with van der Waals surface area (Å²) in [5.74, 6) is 0.775. The predicted molar refractivity (Wildman–Crippen MR) is 83.4 cm³/mol. The molecule has 6 nitrogen and oxygen atoms in total. The van der Waals surface area contributed by atoms with Gasteiger partial charge in [0.2, 0.25) is 5.75 Å². The second-order valence-electron chi connectivity index (χ2n) is 5.38. The molecule has 0 aliphatic carbocycles. The van der Waals surface area contributed by atoms with E-state index in [4.69, 9.17) is 9.47 Å². The average Bonchev–Trinajstić information content (AvgIpc) is 2.98. The molecule has 3 rings (SSSR count). The van der Waals surface area contributed by atoms with Crippen LogP contribution in [0.15, 0.2) is 12.1 Å². The molecule has 0 spiro atoms. The molecule has 1 aromatic carbocycles. The molecule has 118 valence electrons. The zero-order valence-corrected chi connectivity index (χ0v) is 13.1. The molecule has 1 aliphatic heterocycles. The first-order valence-corrected chi connectivity index (χ1v) is 7.41. The van der Waals surface area contributed by atoms with Crippen molar-refractivity contribution >= 4 is 0 Å². The number of likely N-dealkylation sites (N-methyl/N-ethyl adjacent to an activating group) is 1. The van der Waals surface area contributed by atoms with E-state index in [1.54, 1.807) is 12.1 Å². The molecule has 1 aliphatic rings. The van der Waals surface area contributed by atoms with Gasteiger partial charge in [0.25, 0.3) is 0 Å². The van der Waals surface area contributed by atoms with Gasteiger partial charge in [0.15, 0.2) is 11.5 Å². The normalized spacial score (nSPS) is 14.7. The highest BCUT2D eigenvalue weighted by molar-refractivity contribution is 5.71. The van der Waals surface area contributed by atoms with Gasteiger partial charge in [-0.3, -0.25) is 10.00 Å². The van der Waals surface area contributed by atoms with E-state index in [0.29, 0.717) is 11.5 Å². The van der Waals surface area contributed by atoms with E-state index in [9.17, 15) is 5.11 Å². The van der Waals surface area contributed by atoms with Crippen LogP contribution in [0.4, 0.5) is 0 Å². The van der Waals surface area contributed by atoms with E-state index >= 15 is 0 Å². The lowest BCUT2D eigenvalue weighted by Gasteiger charge is -2.25. The summed E-state index contributed by atoms with van der Waals surface area (Å²) < 4.78 is 10.5. The van der Waals surface area contributed by atoms with Gasteiger partial charge in [-0.2, -0.15) is 5.10 Å². The minimum atomic E-state index is 0.00772. The first-order chi connectivity index (χ1) is 10.7. The number of aromatic amines is 1. The van der Waals surface area contributed by atoms with Crippen molar-refractivity contribution in [1.29, 1.82) is 0 Å². The summed E-state index contributed by atoms with van der Waals surface area (Å²) in [6.07, 6.45) is 0.975. The zero-order chi connectivity index (χ0) is 15.7. The molecule has 6 heteroatoms. The quantitative estimate of drug-likeness (QED) is 0.906. The number of methoxy groups -OCH3 is 2. The first-order valence-electron chi connectivity index (χ1n) is 7.41. The molecule has 22 heavy (non-hydrogen) atoms. The molecular weight excluding hydrogens is 282 g/mol. The third kappa shape index (κ3) is 2.39. The Hall–Kier alpha value is -2.21. The molecule has 0 atom stereocenters. The predicted octanol–water partition coefficient (Wildman–Crippen LogP) is 2.18. The van der Waals surface area contributed by atoms with Crippen molar-refractivity contribution in [2.45, 2.75) is 19.9 Å². The number of phenolic OH excluding ortho intramolecular Hbond substituents is 1. The molecule has 0 fully saturated rings. The van der Waals surface area contributed by atoms with Gasteiger partial charge >= 0.3 is 0 Å². The summed E-state index contributed by atoms with van der Waals surface area (Å²) in [7, 11) is 3.05. The fourth-order valence-corrected chi connectivity index (χ4v) is 2.89. The Balaban J connectivity index is 2.07. The van der Waals surface area contributed by atoms with E-state index in [-0.39, 0.29) is 5.75 Å².